The van der Waals surface area contributed by atoms with E-state index in [9.17, 15) is 0 Å². The van der Waals surface area contributed by atoms with Gasteiger partial charge in [0, 0.05) is 22.4 Å². The van der Waals surface area contributed by atoms with Crippen molar-refractivity contribution < 1.29 is 41.6 Å². The van der Waals surface area contributed by atoms with E-state index in [1.54, 1.807) is 0 Å². The summed E-state index contributed by atoms with van der Waals surface area (Å²) in [4.78, 5) is 21.6. The molecule has 0 bridgehead atoms. The van der Waals surface area contributed by atoms with Gasteiger partial charge in [-0.1, -0.05) is 0 Å². The predicted molar refractivity (Wildman–Crippen MR) is 22.8 cm³/mol. The van der Waals surface area contributed by atoms with Crippen molar-refractivity contribution in [2.45, 2.75) is 0 Å². The maximum atomic E-state index is 8.88. The molecule has 41 valence electrons. The van der Waals surface area contributed by atoms with Crippen molar-refractivity contribution in [2.75, 3.05) is 0 Å². The molecule has 0 aliphatic carbocycles. The van der Waals surface area contributed by atoms with Gasteiger partial charge in [0.2, 0.25) is 0 Å². The maximum Gasteiger partial charge on any atom is 0.466 e. The van der Waals surface area contributed by atoms with Gasteiger partial charge in [-0.2, -0.15) is 0 Å². The molecule has 0 aliphatic heterocycles. The Hall–Kier alpha value is 1.62. The second-order valence-electron chi connectivity index (χ2n) is 0.513. The van der Waals surface area contributed by atoms with Crippen LogP contribution >= 0.6 is 7.82 Å². The molecule has 0 unspecified atom stereocenters. The second-order valence-corrected chi connectivity index (χ2v) is 1.54. The zero-order valence-electron chi connectivity index (χ0n) is 2.64. The minimum absolute atomic E-state index is 0. The van der Waals surface area contributed by atoms with Gasteiger partial charge in [0.25, 0.3) is 0 Å². The van der Waals surface area contributed by atoms with Crippen LogP contribution in [-0.2, 0) is 26.9 Å². The molecule has 3 N–H and O–H groups in total. The molecule has 7 heavy (non-hydrogen) atoms. The van der Waals surface area contributed by atoms with Gasteiger partial charge in [-0.25, -0.2) is 4.57 Å². The fourth-order valence-electron chi connectivity index (χ4n) is 0. The summed E-state index contributed by atoms with van der Waals surface area (Å²) >= 11 is 0. The monoisotopic (exact) mass is 217 g/mol. The Bertz CT molecular complexity index is 57.8. The number of hydrogen-bond acceptors (Lipinski definition) is 1. The summed E-state index contributed by atoms with van der Waals surface area (Å²) in [5, 5.41) is 0. The molecule has 0 fully saturated rings. The first-order valence-electron chi connectivity index (χ1n) is 0.783. The van der Waals surface area contributed by atoms with Crippen LogP contribution in [-0.4, -0.2) is 37.7 Å². The van der Waals surface area contributed by atoms with E-state index in [4.69, 9.17) is 19.2 Å². The van der Waals surface area contributed by atoms with Crippen LogP contribution in [0.3, 0.4) is 0 Å². The van der Waals surface area contributed by atoms with Gasteiger partial charge >= 0.3 is 30.9 Å². The first-order chi connectivity index (χ1) is 2.00. The Morgan fingerprint density at radius 1 is 1.14 bits per heavy atom. The number of rotatable bonds is 0. The molecule has 0 aromatic rings. The second kappa shape index (κ2) is 5.75. The topological polar surface area (TPSA) is 77.8 Å². The standard InChI is InChI=1S/Mg.Nb.H3O4P.2H/c;;1-5(2,3)4;;/h;;(H3,1,2,3,4);;. The largest absolute Gasteiger partial charge is 0.466 e. The molecule has 7 heteroatoms. The van der Waals surface area contributed by atoms with Crippen molar-refractivity contribution in [3.05, 3.63) is 0 Å². The molecular formula is H5MgNbO4P. The predicted octanol–water partition coefficient (Wildman–Crippen LogP) is -1.85. The Labute approximate surface area is 72.2 Å². The van der Waals surface area contributed by atoms with Gasteiger partial charge in [-0.3, -0.25) is 0 Å². The number of hydrogen-bond donors (Lipinski definition) is 3. The fourth-order valence-corrected chi connectivity index (χ4v) is 0. The van der Waals surface area contributed by atoms with Crippen LogP contribution in [0.1, 0.15) is 0 Å². The van der Waals surface area contributed by atoms with Gasteiger partial charge in [-0.05, 0) is 0 Å². The van der Waals surface area contributed by atoms with Crippen LogP contribution in [0.15, 0.2) is 0 Å². The summed E-state index contributed by atoms with van der Waals surface area (Å²) < 4.78 is 8.88. The van der Waals surface area contributed by atoms with Crippen molar-refractivity contribution in [2.24, 2.45) is 0 Å². The van der Waals surface area contributed by atoms with Gasteiger partial charge in [0.1, 0.15) is 0 Å². The summed E-state index contributed by atoms with van der Waals surface area (Å²) in [6.07, 6.45) is 0. The summed E-state index contributed by atoms with van der Waals surface area (Å²) in [6.45, 7) is 0. The van der Waals surface area contributed by atoms with Crippen LogP contribution in [0.25, 0.3) is 0 Å². The molecule has 0 aromatic carbocycles. The maximum absolute atomic E-state index is 8.88. The fraction of sp³-hybridized carbons (Fsp3) is 0. The van der Waals surface area contributed by atoms with Crippen LogP contribution in [0, 0.1) is 0 Å². The average Bonchev–Trinajstić information content (AvgIpc) is 0.722. The third kappa shape index (κ3) is 91.9. The van der Waals surface area contributed by atoms with Crippen molar-refractivity contribution in [1.29, 1.82) is 0 Å². The van der Waals surface area contributed by atoms with E-state index >= 15 is 0 Å². The number of phosphoric acid groups is 1. The Balaban J connectivity index is -0.0000000800. The Kier molecular flexibility index (Phi) is 13.0. The minimum Gasteiger partial charge on any atom is -0.303 e. The van der Waals surface area contributed by atoms with E-state index in [-0.39, 0.29) is 45.4 Å². The van der Waals surface area contributed by atoms with Gasteiger partial charge < -0.3 is 14.7 Å². The van der Waals surface area contributed by atoms with E-state index in [1.807, 2.05) is 0 Å². The zero-order chi connectivity index (χ0) is 4.50. The van der Waals surface area contributed by atoms with Gasteiger partial charge in [-0.15, -0.1) is 0 Å². The first-order valence-corrected chi connectivity index (χ1v) is 2.35. The summed E-state index contributed by atoms with van der Waals surface area (Å²) in [7, 11) is -4.64. The molecule has 0 saturated heterocycles. The van der Waals surface area contributed by atoms with Gasteiger partial charge in [0.15, 0.2) is 0 Å². The average molecular weight is 217 g/mol. The molecular weight excluding hydrogens is 212 g/mol. The van der Waals surface area contributed by atoms with E-state index in [0.29, 0.717) is 0 Å². The van der Waals surface area contributed by atoms with Crippen LogP contribution in [0.5, 0.6) is 0 Å². The SMILES string of the molecule is O=P(O)(O)O.[MgH2].[Nb]. The van der Waals surface area contributed by atoms with Crippen molar-refractivity contribution >= 4 is 30.9 Å². The minimum atomic E-state index is -4.64. The van der Waals surface area contributed by atoms with Crippen LogP contribution < -0.4 is 0 Å². The molecule has 0 spiro atoms. The van der Waals surface area contributed by atoms with Gasteiger partial charge in [0.05, 0.1) is 0 Å². The summed E-state index contributed by atoms with van der Waals surface area (Å²) in [5.41, 5.74) is 0. The molecule has 4 nitrogen and oxygen atoms in total. The van der Waals surface area contributed by atoms with E-state index in [1.165, 1.54) is 0 Å². The molecule has 0 atom stereocenters. The molecule has 0 amide bonds. The summed E-state index contributed by atoms with van der Waals surface area (Å²) in [6, 6.07) is 0. The van der Waals surface area contributed by atoms with Crippen LogP contribution in [0.2, 0.25) is 0 Å². The van der Waals surface area contributed by atoms with Crippen molar-refractivity contribution in [3.8, 4) is 0 Å². The summed E-state index contributed by atoms with van der Waals surface area (Å²) in [5.74, 6) is 0. The van der Waals surface area contributed by atoms with Crippen molar-refractivity contribution in [1.82, 2.24) is 0 Å². The molecule has 0 heterocycles. The zero-order valence-corrected chi connectivity index (χ0v) is 5.74. The third-order valence-electron chi connectivity index (χ3n) is 0. The molecule has 0 aromatic heterocycles. The van der Waals surface area contributed by atoms with E-state index < -0.39 is 7.82 Å². The first kappa shape index (κ1) is 15.8. The Morgan fingerprint density at radius 2 is 1.14 bits per heavy atom. The normalized spacial score (nSPS) is 8.43. The smallest absolute Gasteiger partial charge is 0.303 e. The quantitative estimate of drug-likeness (QED) is 0.329. The molecule has 0 rings (SSSR count). The molecule has 0 saturated carbocycles. The Morgan fingerprint density at radius 3 is 1.14 bits per heavy atom. The van der Waals surface area contributed by atoms with Crippen LogP contribution in [0.4, 0.5) is 0 Å². The molecule has 0 aliphatic rings. The van der Waals surface area contributed by atoms with E-state index in [0.717, 1.165) is 0 Å². The third-order valence-corrected chi connectivity index (χ3v) is 0. The molecule has 1 radical (unpaired) electrons. The van der Waals surface area contributed by atoms with Crippen molar-refractivity contribution in [3.63, 3.8) is 0 Å². The van der Waals surface area contributed by atoms with E-state index in [2.05, 4.69) is 0 Å².